The van der Waals surface area contributed by atoms with Crippen LogP contribution in [0.15, 0.2) is 35.0 Å². The Balaban J connectivity index is 0.00000120. The molecular formula is C12H7ClFNO3. The van der Waals surface area contributed by atoms with Crippen LogP contribution in [-0.2, 0) is 9.59 Å². The van der Waals surface area contributed by atoms with E-state index in [1.165, 1.54) is 18.4 Å². The zero-order chi connectivity index (χ0) is 12.0. The summed E-state index contributed by atoms with van der Waals surface area (Å²) in [6.45, 7) is 0. The lowest BCUT2D eigenvalue weighted by Crippen LogP contribution is -2.21. The Morgan fingerprint density at radius 3 is 2.67 bits per heavy atom. The molecular weight excluding hydrogens is 261 g/mol. The molecule has 0 bridgehead atoms. The number of rotatable bonds is 1. The molecule has 0 radical (unpaired) electrons. The molecule has 2 amide bonds. The van der Waals surface area contributed by atoms with Gasteiger partial charge in [0.1, 0.15) is 11.4 Å². The predicted octanol–water partition coefficient (Wildman–Crippen LogP) is 2.03. The van der Waals surface area contributed by atoms with Crippen LogP contribution in [0.3, 0.4) is 0 Å². The van der Waals surface area contributed by atoms with Gasteiger partial charge in [0, 0.05) is 17.0 Å². The summed E-state index contributed by atoms with van der Waals surface area (Å²) in [5, 5.41) is 2.66. The van der Waals surface area contributed by atoms with E-state index in [9.17, 15) is 14.0 Å². The van der Waals surface area contributed by atoms with Gasteiger partial charge < -0.3 is 4.42 Å². The minimum absolute atomic E-state index is 0. The molecule has 1 aliphatic rings. The van der Waals surface area contributed by atoms with Gasteiger partial charge in [-0.1, -0.05) is 0 Å². The fraction of sp³-hybridized carbons (Fsp3) is 0. The smallest absolute Gasteiger partial charge is 0.259 e. The van der Waals surface area contributed by atoms with Crippen molar-refractivity contribution in [3.8, 4) is 0 Å². The number of halogens is 2. The van der Waals surface area contributed by atoms with E-state index in [2.05, 4.69) is 5.32 Å². The summed E-state index contributed by atoms with van der Waals surface area (Å²) in [5.41, 5.74) is 0.797. The molecule has 3 rings (SSSR count). The predicted molar refractivity (Wildman–Crippen MR) is 64.5 cm³/mol. The van der Waals surface area contributed by atoms with Crippen LogP contribution in [0.1, 0.15) is 5.56 Å². The summed E-state index contributed by atoms with van der Waals surface area (Å²) in [7, 11) is 0. The minimum atomic E-state index is -0.543. The first-order valence-electron chi connectivity index (χ1n) is 4.89. The molecule has 4 nitrogen and oxygen atoms in total. The van der Waals surface area contributed by atoms with Crippen molar-refractivity contribution in [1.29, 1.82) is 0 Å². The van der Waals surface area contributed by atoms with Crippen LogP contribution in [0.2, 0.25) is 0 Å². The molecule has 0 unspecified atom stereocenters. The zero-order valence-corrected chi connectivity index (χ0v) is 9.71. The second-order valence-electron chi connectivity index (χ2n) is 3.67. The number of furan rings is 1. The van der Waals surface area contributed by atoms with Crippen LogP contribution in [0.4, 0.5) is 4.39 Å². The standard InChI is InChI=1S/C12H6FNO3.ClH/c13-7-3-6-1-2-17-11(6)8(4-7)9-5-10(15)14-12(9)16;/h1-5H,(H,14,15,16);1H. The normalized spacial score (nSPS) is 14.4. The maximum Gasteiger partial charge on any atom is 0.259 e. The van der Waals surface area contributed by atoms with Gasteiger partial charge in [0.2, 0.25) is 0 Å². The van der Waals surface area contributed by atoms with Crippen LogP contribution in [0.5, 0.6) is 0 Å². The largest absolute Gasteiger partial charge is 0.464 e. The van der Waals surface area contributed by atoms with E-state index in [-0.39, 0.29) is 23.5 Å². The molecule has 6 heteroatoms. The third-order valence-corrected chi connectivity index (χ3v) is 2.56. The number of hydrogen-bond acceptors (Lipinski definition) is 3. The molecule has 2 aromatic rings. The maximum atomic E-state index is 13.4. The highest BCUT2D eigenvalue weighted by atomic mass is 35.5. The first kappa shape index (κ1) is 12.3. The summed E-state index contributed by atoms with van der Waals surface area (Å²) in [6, 6.07) is 4.07. The Morgan fingerprint density at radius 1 is 1.22 bits per heavy atom. The van der Waals surface area contributed by atoms with Gasteiger partial charge in [-0.15, -0.1) is 12.4 Å². The van der Waals surface area contributed by atoms with E-state index in [0.717, 1.165) is 6.08 Å². The quantitative estimate of drug-likeness (QED) is 0.805. The molecule has 18 heavy (non-hydrogen) atoms. The monoisotopic (exact) mass is 267 g/mol. The van der Waals surface area contributed by atoms with Crippen LogP contribution in [0, 0.1) is 5.82 Å². The molecule has 1 aliphatic heterocycles. The average molecular weight is 268 g/mol. The highest BCUT2D eigenvalue weighted by molar-refractivity contribution is 6.34. The van der Waals surface area contributed by atoms with E-state index in [1.807, 2.05) is 0 Å². The molecule has 0 atom stereocenters. The SMILES string of the molecule is Cl.O=C1C=C(c2cc(F)cc3ccoc23)C(=O)N1. The molecule has 1 aromatic heterocycles. The third kappa shape index (κ3) is 1.78. The van der Waals surface area contributed by atoms with Crippen LogP contribution in [-0.4, -0.2) is 11.8 Å². The van der Waals surface area contributed by atoms with E-state index < -0.39 is 17.6 Å². The Morgan fingerprint density at radius 2 is 2.00 bits per heavy atom. The average Bonchev–Trinajstić information content (AvgIpc) is 2.83. The summed E-state index contributed by atoms with van der Waals surface area (Å²) in [4.78, 5) is 22.6. The van der Waals surface area contributed by atoms with E-state index >= 15 is 0 Å². The lowest BCUT2D eigenvalue weighted by Gasteiger charge is -2.01. The fourth-order valence-corrected chi connectivity index (χ4v) is 1.86. The number of amides is 2. The molecule has 2 heterocycles. The number of imide groups is 1. The van der Waals surface area contributed by atoms with Crippen molar-refractivity contribution in [2.45, 2.75) is 0 Å². The van der Waals surface area contributed by atoms with E-state index in [0.29, 0.717) is 11.0 Å². The molecule has 92 valence electrons. The lowest BCUT2D eigenvalue weighted by atomic mass is 10.0. The summed E-state index contributed by atoms with van der Waals surface area (Å²) in [5.74, 6) is -1.53. The van der Waals surface area contributed by atoms with Crippen molar-refractivity contribution in [2.24, 2.45) is 0 Å². The highest BCUT2D eigenvalue weighted by Gasteiger charge is 2.25. The molecule has 0 saturated heterocycles. The summed E-state index contributed by atoms with van der Waals surface area (Å²) >= 11 is 0. The van der Waals surface area contributed by atoms with Gasteiger partial charge in [-0.3, -0.25) is 14.9 Å². The number of carbonyl (C=O) groups excluding carboxylic acids is 2. The second kappa shape index (κ2) is 4.27. The van der Waals surface area contributed by atoms with Crippen molar-refractivity contribution in [3.63, 3.8) is 0 Å². The Bertz CT molecular complexity index is 690. The van der Waals surface area contributed by atoms with Crippen LogP contribution >= 0.6 is 12.4 Å². The number of fused-ring (bicyclic) bond motifs is 1. The molecule has 0 aliphatic carbocycles. The number of carbonyl (C=O) groups is 2. The van der Waals surface area contributed by atoms with E-state index in [1.54, 1.807) is 6.07 Å². The van der Waals surface area contributed by atoms with Gasteiger partial charge in [0.05, 0.1) is 11.8 Å². The Hall–Kier alpha value is -2.14. The highest BCUT2D eigenvalue weighted by Crippen LogP contribution is 2.28. The maximum absolute atomic E-state index is 13.4. The van der Waals surface area contributed by atoms with Crippen LogP contribution < -0.4 is 5.32 Å². The molecule has 1 aromatic carbocycles. The number of benzene rings is 1. The first-order valence-corrected chi connectivity index (χ1v) is 4.89. The molecule has 0 spiro atoms. The summed E-state index contributed by atoms with van der Waals surface area (Å²) < 4.78 is 18.6. The summed E-state index contributed by atoms with van der Waals surface area (Å²) in [6.07, 6.45) is 2.54. The van der Waals surface area contributed by atoms with Gasteiger partial charge in [-0.2, -0.15) is 0 Å². The van der Waals surface area contributed by atoms with Gasteiger partial charge in [-0.25, -0.2) is 4.39 Å². The fourth-order valence-electron chi connectivity index (χ4n) is 1.86. The number of hydrogen-bond donors (Lipinski definition) is 1. The second-order valence-corrected chi connectivity index (χ2v) is 3.67. The zero-order valence-electron chi connectivity index (χ0n) is 8.90. The Labute approximate surface area is 107 Å². The lowest BCUT2D eigenvalue weighted by molar-refractivity contribution is -0.123. The van der Waals surface area contributed by atoms with Gasteiger partial charge in [-0.05, 0) is 18.2 Å². The van der Waals surface area contributed by atoms with Crippen LogP contribution in [0.25, 0.3) is 16.5 Å². The first-order chi connectivity index (χ1) is 8.15. The van der Waals surface area contributed by atoms with Crippen molar-refractivity contribution < 1.29 is 18.4 Å². The van der Waals surface area contributed by atoms with Gasteiger partial charge >= 0.3 is 0 Å². The third-order valence-electron chi connectivity index (χ3n) is 2.56. The minimum Gasteiger partial charge on any atom is -0.464 e. The van der Waals surface area contributed by atoms with Crippen molar-refractivity contribution in [3.05, 3.63) is 41.9 Å². The molecule has 1 N–H and O–H groups in total. The van der Waals surface area contributed by atoms with Crippen molar-refractivity contribution >= 4 is 40.8 Å². The Kier molecular flexibility index (Phi) is 2.92. The molecule has 0 fully saturated rings. The van der Waals surface area contributed by atoms with Gasteiger partial charge in [0.15, 0.2) is 0 Å². The van der Waals surface area contributed by atoms with E-state index in [4.69, 9.17) is 4.42 Å². The number of nitrogens with one attached hydrogen (secondary N) is 1. The van der Waals surface area contributed by atoms with Crippen molar-refractivity contribution in [2.75, 3.05) is 0 Å². The van der Waals surface area contributed by atoms with Crippen molar-refractivity contribution in [1.82, 2.24) is 5.32 Å². The van der Waals surface area contributed by atoms with Gasteiger partial charge in [0.25, 0.3) is 11.8 Å². The molecule has 0 saturated carbocycles. The topological polar surface area (TPSA) is 59.3 Å².